The molecule has 0 aliphatic rings. The number of halogens is 1. The molecule has 3 heteroatoms. The van der Waals surface area contributed by atoms with Crippen LogP contribution in [0, 0.1) is 0 Å². The van der Waals surface area contributed by atoms with Gasteiger partial charge in [0.25, 0.3) is 5.24 Å². The Morgan fingerprint density at radius 2 is 1.20 bits per heavy atom. The van der Waals surface area contributed by atoms with Gasteiger partial charge in [0.05, 0.1) is 6.61 Å². The molecule has 0 N–H and O–H groups in total. The van der Waals surface area contributed by atoms with Crippen LogP contribution in [0.1, 0.15) is 101 Å². The summed E-state index contributed by atoms with van der Waals surface area (Å²) in [6.45, 7) is 3.01. The molecule has 1 aromatic rings. The van der Waals surface area contributed by atoms with Crippen molar-refractivity contribution in [2.75, 3.05) is 6.61 Å². The first-order chi connectivity index (χ1) is 12.2. The topological polar surface area (TPSA) is 26.3 Å². The van der Waals surface area contributed by atoms with Crippen molar-refractivity contribution in [3.63, 3.8) is 0 Å². The Hall–Kier alpha value is -1.02. The molecule has 25 heavy (non-hydrogen) atoms. The predicted molar refractivity (Wildman–Crippen MR) is 108 cm³/mol. The third-order valence-corrected chi connectivity index (χ3v) is 4.82. The van der Waals surface area contributed by atoms with E-state index < -0.39 is 5.24 Å². The molecule has 2 nitrogen and oxygen atoms in total. The van der Waals surface area contributed by atoms with E-state index in [1.807, 2.05) is 0 Å². The van der Waals surface area contributed by atoms with Crippen LogP contribution in [-0.4, -0.2) is 11.8 Å². The largest absolute Gasteiger partial charge is 0.494 e. The summed E-state index contributed by atoms with van der Waals surface area (Å²) in [4.78, 5) is 11.0. The zero-order chi connectivity index (χ0) is 18.2. The summed E-state index contributed by atoms with van der Waals surface area (Å²) in [6.07, 6.45) is 17.6. The van der Waals surface area contributed by atoms with E-state index in [1.165, 1.54) is 77.0 Å². The van der Waals surface area contributed by atoms with Crippen LogP contribution in [0.2, 0.25) is 0 Å². The number of benzene rings is 1. The Kier molecular flexibility index (Phi) is 13.4. The molecule has 0 spiro atoms. The monoisotopic (exact) mass is 366 g/mol. The molecule has 0 aliphatic heterocycles. The number of ether oxygens (including phenoxy) is 1. The van der Waals surface area contributed by atoms with Crippen LogP contribution >= 0.6 is 11.6 Å². The second-order valence-corrected chi connectivity index (χ2v) is 7.23. The van der Waals surface area contributed by atoms with Crippen molar-refractivity contribution < 1.29 is 9.53 Å². The molecule has 0 saturated carbocycles. The Bertz CT molecular complexity index is 442. The minimum atomic E-state index is -0.428. The lowest BCUT2D eigenvalue weighted by molar-refractivity contribution is 0.108. The highest BCUT2D eigenvalue weighted by atomic mass is 35.5. The molecule has 0 bridgehead atoms. The normalized spacial score (nSPS) is 10.8. The first-order valence-electron chi connectivity index (χ1n) is 10.2. The fourth-order valence-electron chi connectivity index (χ4n) is 2.99. The van der Waals surface area contributed by atoms with Gasteiger partial charge in [-0.1, -0.05) is 84.0 Å². The average molecular weight is 367 g/mol. The molecule has 0 aromatic heterocycles. The summed E-state index contributed by atoms with van der Waals surface area (Å²) in [7, 11) is 0. The molecule has 0 amide bonds. The zero-order valence-corrected chi connectivity index (χ0v) is 16.7. The van der Waals surface area contributed by atoms with Gasteiger partial charge in [0.1, 0.15) is 5.75 Å². The minimum absolute atomic E-state index is 0.428. The highest BCUT2D eigenvalue weighted by Gasteiger charge is 2.01. The molecule has 0 heterocycles. The van der Waals surface area contributed by atoms with Crippen molar-refractivity contribution in [3.8, 4) is 5.75 Å². The molecule has 0 unspecified atom stereocenters. The Labute approximate surface area is 159 Å². The summed E-state index contributed by atoms with van der Waals surface area (Å²) in [5.41, 5.74) is 0.509. The lowest BCUT2D eigenvalue weighted by atomic mass is 10.0. The maximum absolute atomic E-state index is 11.0. The van der Waals surface area contributed by atoms with E-state index in [-0.39, 0.29) is 0 Å². The summed E-state index contributed by atoms with van der Waals surface area (Å²) < 4.78 is 5.69. The lowest BCUT2D eigenvalue weighted by Crippen LogP contribution is -1.98. The van der Waals surface area contributed by atoms with Gasteiger partial charge in [-0.25, -0.2) is 0 Å². The van der Waals surface area contributed by atoms with Crippen LogP contribution in [0.15, 0.2) is 24.3 Å². The van der Waals surface area contributed by atoms with Crippen molar-refractivity contribution >= 4 is 16.8 Å². The van der Waals surface area contributed by atoms with Gasteiger partial charge >= 0.3 is 0 Å². The summed E-state index contributed by atoms with van der Waals surface area (Å²) in [6, 6.07) is 7.01. The third-order valence-electron chi connectivity index (χ3n) is 4.60. The van der Waals surface area contributed by atoms with E-state index in [0.717, 1.165) is 18.8 Å². The van der Waals surface area contributed by atoms with Crippen molar-refractivity contribution in [1.82, 2.24) is 0 Å². The molecule has 1 rings (SSSR count). The summed E-state index contributed by atoms with van der Waals surface area (Å²) in [5.74, 6) is 0.806. The third kappa shape index (κ3) is 12.0. The SMILES string of the molecule is CCCCCCCCCCCCCCCOc1ccc(C(=O)Cl)cc1. The van der Waals surface area contributed by atoms with Crippen molar-refractivity contribution in [2.24, 2.45) is 0 Å². The summed E-state index contributed by atoms with van der Waals surface area (Å²) in [5, 5.41) is -0.428. The standard InChI is InChI=1S/C22H35ClO2/c1-2-3-4-5-6-7-8-9-10-11-12-13-14-19-25-21-17-15-20(16-18-21)22(23)24/h15-18H,2-14,19H2,1H3. The van der Waals surface area contributed by atoms with E-state index in [9.17, 15) is 4.79 Å². The van der Waals surface area contributed by atoms with Gasteiger partial charge in [0, 0.05) is 5.56 Å². The first kappa shape index (κ1) is 22.0. The van der Waals surface area contributed by atoms with Crippen molar-refractivity contribution in [3.05, 3.63) is 29.8 Å². The second kappa shape index (κ2) is 15.3. The smallest absolute Gasteiger partial charge is 0.252 e. The van der Waals surface area contributed by atoms with Gasteiger partial charge < -0.3 is 4.74 Å². The van der Waals surface area contributed by atoms with Crippen LogP contribution in [0.5, 0.6) is 5.75 Å². The molecule has 0 aliphatic carbocycles. The number of unbranched alkanes of at least 4 members (excludes halogenated alkanes) is 12. The average Bonchev–Trinajstić information content (AvgIpc) is 2.62. The van der Waals surface area contributed by atoms with E-state index in [2.05, 4.69) is 6.92 Å². The number of carbonyl (C=O) groups is 1. The molecule has 0 radical (unpaired) electrons. The Morgan fingerprint density at radius 3 is 1.64 bits per heavy atom. The minimum Gasteiger partial charge on any atom is -0.494 e. The molecule has 142 valence electrons. The van der Waals surface area contributed by atoms with Gasteiger partial charge in [-0.3, -0.25) is 4.79 Å². The van der Waals surface area contributed by atoms with Crippen molar-refractivity contribution in [2.45, 2.75) is 90.4 Å². The Morgan fingerprint density at radius 1 is 0.760 bits per heavy atom. The van der Waals surface area contributed by atoms with Crippen LogP contribution in [-0.2, 0) is 0 Å². The molecular formula is C22H35ClO2. The lowest BCUT2D eigenvalue weighted by Gasteiger charge is -2.06. The van der Waals surface area contributed by atoms with Gasteiger partial charge in [-0.05, 0) is 42.3 Å². The molecule has 0 saturated heterocycles. The molecule has 0 atom stereocenters. The van der Waals surface area contributed by atoms with E-state index >= 15 is 0 Å². The van der Waals surface area contributed by atoms with Crippen LogP contribution in [0.25, 0.3) is 0 Å². The molecular weight excluding hydrogens is 332 g/mol. The fraction of sp³-hybridized carbons (Fsp3) is 0.682. The number of hydrogen-bond donors (Lipinski definition) is 0. The van der Waals surface area contributed by atoms with E-state index in [4.69, 9.17) is 16.3 Å². The van der Waals surface area contributed by atoms with Gasteiger partial charge in [0.2, 0.25) is 0 Å². The number of rotatable bonds is 16. The van der Waals surface area contributed by atoms with Crippen LogP contribution in [0.3, 0.4) is 0 Å². The zero-order valence-electron chi connectivity index (χ0n) is 15.9. The van der Waals surface area contributed by atoms with Gasteiger partial charge in [-0.2, -0.15) is 0 Å². The highest BCUT2D eigenvalue weighted by molar-refractivity contribution is 6.67. The van der Waals surface area contributed by atoms with Gasteiger partial charge in [0.15, 0.2) is 0 Å². The molecule has 1 aromatic carbocycles. The number of hydrogen-bond acceptors (Lipinski definition) is 2. The fourth-order valence-corrected chi connectivity index (χ4v) is 3.12. The van der Waals surface area contributed by atoms with Crippen LogP contribution < -0.4 is 4.74 Å². The maximum Gasteiger partial charge on any atom is 0.252 e. The predicted octanol–water partition coefficient (Wildman–Crippen LogP) is 7.54. The summed E-state index contributed by atoms with van der Waals surface area (Å²) >= 11 is 5.42. The van der Waals surface area contributed by atoms with Crippen LogP contribution in [0.4, 0.5) is 0 Å². The Balaban J connectivity index is 1.85. The van der Waals surface area contributed by atoms with E-state index in [1.54, 1.807) is 24.3 Å². The second-order valence-electron chi connectivity index (χ2n) is 6.89. The highest BCUT2D eigenvalue weighted by Crippen LogP contribution is 2.15. The number of carbonyl (C=O) groups excluding carboxylic acids is 1. The quantitative estimate of drug-likeness (QED) is 0.223. The van der Waals surface area contributed by atoms with Gasteiger partial charge in [-0.15, -0.1) is 0 Å². The first-order valence-corrected chi connectivity index (χ1v) is 10.5. The van der Waals surface area contributed by atoms with Crippen molar-refractivity contribution in [1.29, 1.82) is 0 Å². The molecule has 0 fully saturated rings. The van der Waals surface area contributed by atoms with E-state index in [0.29, 0.717) is 5.56 Å². The maximum atomic E-state index is 11.0.